The number of rotatable bonds is 4. The summed E-state index contributed by atoms with van der Waals surface area (Å²) >= 11 is 3.39. The maximum absolute atomic E-state index is 12.2. The molecular weight excluding hydrogens is 444 g/mol. The van der Waals surface area contributed by atoms with E-state index in [0.29, 0.717) is 11.1 Å². The van der Waals surface area contributed by atoms with Crippen LogP contribution in [0, 0.1) is 0 Å². The lowest BCUT2D eigenvalue weighted by Crippen LogP contribution is -2.26. The Hall–Kier alpha value is -3.20. The summed E-state index contributed by atoms with van der Waals surface area (Å²) < 4.78 is 17.2. The first-order valence-corrected chi connectivity index (χ1v) is 9.36. The maximum atomic E-state index is 12.2. The highest BCUT2D eigenvalue weighted by atomic mass is 79.9. The van der Waals surface area contributed by atoms with Gasteiger partial charge in [-0.2, -0.15) is 5.01 Å². The van der Waals surface area contributed by atoms with Crippen molar-refractivity contribution in [2.24, 2.45) is 5.10 Å². The molecule has 0 saturated carbocycles. The van der Waals surface area contributed by atoms with E-state index in [1.165, 1.54) is 26.8 Å². The highest BCUT2D eigenvalue weighted by Gasteiger charge is 2.36. The van der Waals surface area contributed by atoms with E-state index in [2.05, 4.69) is 21.0 Å². The molecule has 1 heterocycles. The SMILES string of the molecule is CC(=O)Oc1cccc([C@H]2OC(c3cccc(Br)c3)=NN2C(C)=O)c1OC(C)=O. The van der Waals surface area contributed by atoms with Gasteiger partial charge in [0.25, 0.3) is 0 Å². The minimum atomic E-state index is -1.01. The van der Waals surface area contributed by atoms with E-state index in [1.807, 2.05) is 12.1 Å². The first-order valence-electron chi connectivity index (χ1n) is 8.57. The molecule has 150 valence electrons. The Morgan fingerprint density at radius 1 is 1.03 bits per heavy atom. The van der Waals surface area contributed by atoms with Gasteiger partial charge in [0, 0.05) is 30.8 Å². The number of para-hydroxylation sites is 1. The second kappa shape index (κ2) is 8.44. The second-order valence-corrected chi connectivity index (χ2v) is 7.03. The second-order valence-electron chi connectivity index (χ2n) is 6.11. The number of esters is 2. The topological polar surface area (TPSA) is 94.5 Å². The molecule has 2 aromatic rings. The summed E-state index contributed by atoms with van der Waals surface area (Å²) in [5, 5.41) is 5.41. The molecule has 0 fully saturated rings. The lowest BCUT2D eigenvalue weighted by Gasteiger charge is -2.22. The normalized spacial score (nSPS) is 15.4. The number of carbonyl (C=O) groups is 3. The summed E-state index contributed by atoms with van der Waals surface area (Å²) in [6, 6.07) is 11.9. The molecule has 1 amide bonds. The zero-order valence-electron chi connectivity index (χ0n) is 15.8. The van der Waals surface area contributed by atoms with Crippen LogP contribution in [0.3, 0.4) is 0 Å². The molecule has 0 radical (unpaired) electrons. The highest BCUT2D eigenvalue weighted by Crippen LogP contribution is 2.41. The number of hydrogen-bond donors (Lipinski definition) is 0. The Morgan fingerprint density at radius 3 is 2.34 bits per heavy atom. The molecule has 0 N–H and O–H groups in total. The van der Waals surface area contributed by atoms with Crippen LogP contribution in [0.25, 0.3) is 0 Å². The molecule has 2 aromatic carbocycles. The number of nitrogens with zero attached hydrogens (tertiary/aromatic N) is 2. The molecule has 0 spiro atoms. The maximum Gasteiger partial charge on any atom is 0.308 e. The minimum Gasteiger partial charge on any atom is -0.446 e. The van der Waals surface area contributed by atoms with Crippen molar-refractivity contribution in [3.63, 3.8) is 0 Å². The van der Waals surface area contributed by atoms with Gasteiger partial charge in [0.15, 0.2) is 11.5 Å². The van der Waals surface area contributed by atoms with Crippen molar-refractivity contribution in [2.45, 2.75) is 27.0 Å². The van der Waals surface area contributed by atoms with Crippen molar-refractivity contribution in [2.75, 3.05) is 0 Å². The van der Waals surface area contributed by atoms with Crippen LogP contribution >= 0.6 is 15.9 Å². The van der Waals surface area contributed by atoms with Crippen LogP contribution in [0.2, 0.25) is 0 Å². The van der Waals surface area contributed by atoms with Crippen LogP contribution < -0.4 is 9.47 Å². The van der Waals surface area contributed by atoms with Gasteiger partial charge in [0.05, 0.1) is 5.56 Å². The average molecular weight is 461 g/mol. The molecular formula is C20H17BrN2O6. The van der Waals surface area contributed by atoms with E-state index in [1.54, 1.807) is 24.3 Å². The van der Waals surface area contributed by atoms with Crippen molar-refractivity contribution in [1.82, 2.24) is 5.01 Å². The summed E-state index contributed by atoms with van der Waals surface area (Å²) in [6.45, 7) is 3.79. The van der Waals surface area contributed by atoms with Crippen molar-refractivity contribution >= 4 is 39.7 Å². The molecule has 1 aliphatic heterocycles. The molecule has 1 aliphatic rings. The number of carbonyl (C=O) groups excluding carboxylic acids is 3. The van der Waals surface area contributed by atoms with Crippen molar-refractivity contribution in [3.8, 4) is 11.5 Å². The van der Waals surface area contributed by atoms with Crippen LogP contribution in [0.15, 0.2) is 52.0 Å². The summed E-state index contributed by atoms with van der Waals surface area (Å²) in [6.07, 6.45) is -1.01. The fourth-order valence-electron chi connectivity index (χ4n) is 2.72. The van der Waals surface area contributed by atoms with E-state index < -0.39 is 18.2 Å². The molecule has 1 atom stereocenters. The van der Waals surface area contributed by atoms with Gasteiger partial charge in [0.1, 0.15) is 0 Å². The van der Waals surface area contributed by atoms with Crippen LogP contribution in [0.4, 0.5) is 0 Å². The van der Waals surface area contributed by atoms with Crippen molar-refractivity contribution in [3.05, 3.63) is 58.1 Å². The molecule has 9 heteroatoms. The van der Waals surface area contributed by atoms with Gasteiger partial charge in [-0.25, -0.2) is 0 Å². The molecule has 0 saturated heterocycles. The standard InChI is InChI=1S/C20H17BrN2O6/c1-11(24)23-20(29-19(22-23)14-6-4-7-15(21)10-14)16-8-5-9-17(27-12(2)25)18(16)28-13(3)26/h4-10,20H,1-3H3/t20-/m1/s1. The molecule has 29 heavy (non-hydrogen) atoms. The summed E-state index contributed by atoms with van der Waals surface area (Å²) in [5.41, 5.74) is 0.959. The van der Waals surface area contributed by atoms with Crippen molar-refractivity contribution < 1.29 is 28.6 Å². The number of ether oxygens (including phenoxy) is 3. The molecule has 0 unspecified atom stereocenters. The van der Waals surface area contributed by atoms with Gasteiger partial charge < -0.3 is 14.2 Å². The number of hydrazone groups is 1. The van der Waals surface area contributed by atoms with E-state index in [9.17, 15) is 14.4 Å². The average Bonchev–Trinajstić information content (AvgIpc) is 3.08. The number of hydrogen-bond acceptors (Lipinski definition) is 7. The summed E-state index contributed by atoms with van der Waals surface area (Å²) in [4.78, 5) is 35.3. The van der Waals surface area contributed by atoms with Gasteiger partial charge >= 0.3 is 11.9 Å². The Morgan fingerprint density at radius 2 is 1.72 bits per heavy atom. The van der Waals surface area contributed by atoms with E-state index in [0.717, 1.165) is 9.48 Å². The molecule has 8 nitrogen and oxygen atoms in total. The third kappa shape index (κ3) is 4.62. The van der Waals surface area contributed by atoms with E-state index >= 15 is 0 Å². The highest BCUT2D eigenvalue weighted by molar-refractivity contribution is 9.10. The summed E-state index contributed by atoms with van der Waals surface area (Å²) in [7, 11) is 0. The minimum absolute atomic E-state index is 0.0165. The van der Waals surface area contributed by atoms with Gasteiger partial charge in [0.2, 0.25) is 18.0 Å². The molecule has 0 aromatic heterocycles. The quantitative estimate of drug-likeness (QED) is 0.511. The monoisotopic (exact) mass is 460 g/mol. The van der Waals surface area contributed by atoms with Crippen LogP contribution in [-0.2, 0) is 19.1 Å². The third-order valence-electron chi connectivity index (χ3n) is 3.81. The van der Waals surface area contributed by atoms with Gasteiger partial charge in [-0.1, -0.05) is 28.1 Å². The smallest absolute Gasteiger partial charge is 0.308 e. The fraction of sp³-hybridized carbons (Fsp3) is 0.200. The van der Waals surface area contributed by atoms with Gasteiger partial charge in [-0.3, -0.25) is 14.4 Å². The van der Waals surface area contributed by atoms with E-state index in [-0.39, 0.29) is 23.3 Å². The largest absolute Gasteiger partial charge is 0.446 e. The zero-order valence-corrected chi connectivity index (χ0v) is 17.4. The number of halogens is 1. The van der Waals surface area contributed by atoms with Gasteiger partial charge in [-0.05, 0) is 30.3 Å². The molecule has 3 rings (SSSR count). The van der Waals surface area contributed by atoms with Gasteiger partial charge in [-0.15, -0.1) is 5.10 Å². The van der Waals surface area contributed by atoms with Crippen LogP contribution in [0.1, 0.15) is 38.1 Å². The Kier molecular flexibility index (Phi) is 5.97. The van der Waals surface area contributed by atoms with Crippen LogP contribution in [0.5, 0.6) is 11.5 Å². The molecule has 0 aliphatic carbocycles. The first-order chi connectivity index (χ1) is 13.8. The van der Waals surface area contributed by atoms with Crippen molar-refractivity contribution in [1.29, 1.82) is 0 Å². The van der Waals surface area contributed by atoms with Crippen LogP contribution in [-0.4, -0.2) is 28.8 Å². The lowest BCUT2D eigenvalue weighted by molar-refractivity contribution is -0.136. The predicted molar refractivity (Wildman–Crippen MR) is 106 cm³/mol. The number of amides is 1. The lowest BCUT2D eigenvalue weighted by atomic mass is 10.1. The fourth-order valence-corrected chi connectivity index (χ4v) is 3.12. The Bertz CT molecular complexity index is 1020. The first kappa shape index (κ1) is 20.5. The summed E-state index contributed by atoms with van der Waals surface area (Å²) in [5.74, 6) is -1.35. The Balaban J connectivity index is 2.06. The molecule has 0 bridgehead atoms. The van der Waals surface area contributed by atoms with E-state index in [4.69, 9.17) is 14.2 Å². The number of benzene rings is 2. The Labute approximate surface area is 175 Å². The zero-order chi connectivity index (χ0) is 21.1. The predicted octanol–water partition coefficient (Wildman–Crippen LogP) is 3.54. The third-order valence-corrected chi connectivity index (χ3v) is 4.31.